The van der Waals surface area contributed by atoms with E-state index in [1.54, 1.807) is 7.11 Å². The topological polar surface area (TPSA) is 38.6 Å². The molecule has 0 aliphatic rings. The third-order valence-electron chi connectivity index (χ3n) is 3.41. The summed E-state index contributed by atoms with van der Waals surface area (Å²) in [5.41, 5.74) is 3.96. The van der Waals surface area contributed by atoms with Crippen LogP contribution in [-0.4, -0.2) is 23.0 Å². The van der Waals surface area contributed by atoms with E-state index < -0.39 is 0 Å². The molecule has 0 aliphatic carbocycles. The molecule has 3 rings (SSSR count). The highest BCUT2D eigenvalue weighted by atomic mass is 16.5. The fourth-order valence-electron chi connectivity index (χ4n) is 2.35. The summed E-state index contributed by atoms with van der Waals surface area (Å²) in [7, 11) is 1.68. The van der Waals surface area contributed by atoms with E-state index in [-0.39, 0.29) is 0 Å². The lowest BCUT2D eigenvalue weighted by molar-refractivity contribution is 0.416. The summed E-state index contributed by atoms with van der Waals surface area (Å²) in [6.45, 7) is 3.13. The summed E-state index contributed by atoms with van der Waals surface area (Å²) in [6.07, 6.45) is 5.20. The SMILES string of the molecule is CCCNc1ccc2nc(-c3ccccc3OC)cn2c1. The van der Waals surface area contributed by atoms with Crippen LogP contribution in [0.15, 0.2) is 48.8 Å². The fourth-order valence-corrected chi connectivity index (χ4v) is 2.35. The number of nitrogens with one attached hydrogen (secondary N) is 1. The number of pyridine rings is 1. The van der Waals surface area contributed by atoms with Crippen molar-refractivity contribution >= 4 is 11.3 Å². The zero-order chi connectivity index (χ0) is 14.7. The predicted molar refractivity (Wildman–Crippen MR) is 86.0 cm³/mol. The van der Waals surface area contributed by atoms with Gasteiger partial charge in [-0.2, -0.15) is 0 Å². The second-order valence-electron chi connectivity index (χ2n) is 4.94. The maximum atomic E-state index is 5.41. The second-order valence-corrected chi connectivity index (χ2v) is 4.94. The average Bonchev–Trinajstić information content (AvgIpc) is 2.95. The second kappa shape index (κ2) is 5.87. The molecule has 0 aliphatic heterocycles. The molecule has 3 aromatic rings. The zero-order valence-corrected chi connectivity index (χ0v) is 12.3. The Hall–Kier alpha value is -2.49. The normalized spacial score (nSPS) is 10.8. The van der Waals surface area contributed by atoms with E-state index >= 15 is 0 Å². The number of hydrogen-bond donors (Lipinski definition) is 1. The van der Waals surface area contributed by atoms with Gasteiger partial charge in [-0.3, -0.25) is 0 Å². The molecular formula is C17H19N3O. The van der Waals surface area contributed by atoms with E-state index in [1.807, 2.05) is 40.9 Å². The smallest absolute Gasteiger partial charge is 0.137 e. The van der Waals surface area contributed by atoms with Gasteiger partial charge in [-0.15, -0.1) is 0 Å². The summed E-state index contributed by atoms with van der Waals surface area (Å²) in [6, 6.07) is 12.0. The van der Waals surface area contributed by atoms with Crippen molar-refractivity contribution in [1.29, 1.82) is 0 Å². The summed E-state index contributed by atoms with van der Waals surface area (Å²) in [5, 5.41) is 3.38. The summed E-state index contributed by atoms with van der Waals surface area (Å²) >= 11 is 0. The molecular weight excluding hydrogens is 262 g/mol. The number of rotatable bonds is 5. The predicted octanol–water partition coefficient (Wildman–Crippen LogP) is 3.83. The highest BCUT2D eigenvalue weighted by molar-refractivity contribution is 5.69. The molecule has 2 aromatic heterocycles. The summed E-state index contributed by atoms with van der Waals surface area (Å²) < 4.78 is 7.45. The van der Waals surface area contributed by atoms with Crippen LogP contribution in [0.5, 0.6) is 5.75 Å². The number of benzene rings is 1. The minimum absolute atomic E-state index is 0.838. The third kappa shape index (κ3) is 2.70. The fraction of sp³-hybridized carbons (Fsp3) is 0.235. The van der Waals surface area contributed by atoms with Gasteiger partial charge in [-0.1, -0.05) is 19.1 Å². The Labute approximate surface area is 124 Å². The van der Waals surface area contributed by atoms with Crippen molar-refractivity contribution in [2.24, 2.45) is 0 Å². The molecule has 0 unspecified atom stereocenters. The maximum Gasteiger partial charge on any atom is 0.137 e. The van der Waals surface area contributed by atoms with Crippen molar-refractivity contribution in [2.45, 2.75) is 13.3 Å². The van der Waals surface area contributed by atoms with Crippen molar-refractivity contribution in [3.05, 3.63) is 48.8 Å². The highest BCUT2D eigenvalue weighted by Crippen LogP contribution is 2.29. The molecule has 4 heteroatoms. The number of ether oxygens (including phenoxy) is 1. The largest absolute Gasteiger partial charge is 0.496 e. The van der Waals surface area contributed by atoms with Gasteiger partial charge in [0.2, 0.25) is 0 Å². The minimum atomic E-state index is 0.838. The van der Waals surface area contributed by atoms with E-state index in [1.165, 1.54) is 0 Å². The maximum absolute atomic E-state index is 5.41. The number of fused-ring (bicyclic) bond motifs is 1. The molecule has 21 heavy (non-hydrogen) atoms. The number of aromatic nitrogens is 2. The first-order chi connectivity index (χ1) is 10.3. The van der Waals surface area contributed by atoms with Gasteiger partial charge in [0.1, 0.15) is 11.4 Å². The molecule has 0 radical (unpaired) electrons. The number of hydrogen-bond acceptors (Lipinski definition) is 3. The van der Waals surface area contributed by atoms with Gasteiger partial charge in [0.15, 0.2) is 0 Å². The lowest BCUT2D eigenvalue weighted by Gasteiger charge is -2.04. The van der Waals surface area contributed by atoms with E-state index in [4.69, 9.17) is 4.74 Å². The number of para-hydroxylation sites is 1. The molecule has 1 aromatic carbocycles. The van der Waals surface area contributed by atoms with Crippen LogP contribution in [0.2, 0.25) is 0 Å². The molecule has 0 saturated carbocycles. The van der Waals surface area contributed by atoms with Gasteiger partial charge < -0.3 is 14.5 Å². The van der Waals surface area contributed by atoms with Crippen LogP contribution in [0.25, 0.3) is 16.9 Å². The molecule has 2 heterocycles. The Morgan fingerprint density at radius 1 is 1.14 bits per heavy atom. The first kappa shape index (κ1) is 13.5. The quantitative estimate of drug-likeness (QED) is 0.772. The standard InChI is InChI=1S/C17H19N3O/c1-3-10-18-13-8-9-17-19-15(12-20(17)11-13)14-6-4-5-7-16(14)21-2/h4-9,11-12,18H,3,10H2,1-2H3. The van der Waals surface area contributed by atoms with E-state index in [9.17, 15) is 0 Å². The monoisotopic (exact) mass is 281 g/mol. The van der Waals surface area contributed by atoms with Crippen LogP contribution >= 0.6 is 0 Å². The number of anilines is 1. The molecule has 0 spiro atoms. The third-order valence-corrected chi connectivity index (χ3v) is 3.41. The van der Waals surface area contributed by atoms with Crippen molar-refractivity contribution < 1.29 is 4.74 Å². The molecule has 108 valence electrons. The van der Waals surface area contributed by atoms with Crippen LogP contribution in [0.3, 0.4) is 0 Å². The van der Waals surface area contributed by atoms with Gasteiger partial charge in [-0.25, -0.2) is 4.98 Å². The molecule has 0 atom stereocenters. The lowest BCUT2D eigenvalue weighted by atomic mass is 10.1. The Morgan fingerprint density at radius 3 is 2.81 bits per heavy atom. The summed E-state index contributed by atoms with van der Waals surface area (Å²) in [4.78, 5) is 4.67. The van der Waals surface area contributed by atoms with Crippen LogP contribution < -0.4 is 10.1 Å². The first-order valence-corrected chi connectivity index (χ1v) is 7.18. The zero-order valence-electron chi connectivity index (χ0n) is 12.3. The number of nitrogens with zero attached hydrogens (tertiary/aromatic N) is 2. The highest BCUT2D eigenvalue weighted by Gasteiger charge is 2.09. The lowest BCUT2D eigenvalue weighted by Crippen LogP contribution is -2.00. The van der Waals surface area contributed by atoms with Gasteiger partial charge in [-0.05, 0) is 30.7 Å². The van der Waals surface area contributed by atoms with E-state index in [2.05, 4.69) is 29.5 Å². The van der Waals surface area contributed by atoms with Crippen molar-refractivity contribution in [3.63, 3.8) is 0 Å². The van der Waals surface area contributed by atoms with Crippen molar-refractivity contribution in [2.75, 3.05) is 19.0 Å². The van der Waals surface area contributed by atoms with Crippen LogP contribution in [0.1, 0.15) is 13.3 Å². The molecule has 0 fully saturated rings. The summed E-state index contributed by atoms with van der Waals surface area (Å²) in [5.74, 6) is 0.838. The van der Waals surface area contributed by atoms with E-state index in [0.29, 0.717) is 0 Å². The Bertz CT molecular complexity index is 749. The van der Waals surface area contributed by atoms with Gasteiger partial charge in [0.05, 0.1) is 18.5 Å². The van der Waals surface area contributed by atoms with Gasteiger partial charge in [0.25, 0.3) is 0 Å². The van der Waals surface area contributed by atoms with E-state index in [0.717, 1.165) is 41.3 Å². The van der Waals surface area contributed by atoms with Crippen LogP contribution in [0, 0.1) is 0 Å². The van der Waals surface area contributed by atoms with Gasteiger partial charge in [0, 0.05) is 24.5 Å². The van der Waals surface area contributed by atoms with Crippen molar-refractivity contribution in [1.82, 2.24) is 9.38 Å². The van der Waals surface area contributed by atoms with Crippen molar-refractivity contribution in [3.8, 4) is 17.0 Å². The molecule has 1 N–H and O–H groups in total. The Kier molecular flexibility index (Phi) is 3.77. The molecule has 0 amide bonds. The molecule has 0 bridgehead atoms. The average molecular weight is 281 g/mol. The minimum Gasteiger partial charge on any atom is -0.496 e. The Balaban J connectivity index is 2.00. The number of methoxy groups -OCH3 is 1. The molecule has 4 nitrogen and oxygen atoms in total. The number of imidazole rings is 1. The van der Waals surface area contributed by atoms with Crippen LogP contribution in [0.4, 0.5) is 5.69 Å². The first-order valence-electron chi connectivity index (χ1n) is 7.18. The van der Waals surface area contributed by atoms with Crippen LogP contribution in [-0.2, 0) is 0 Å². The Morgan fingerprint density at radius 2 is 2.00 bits per heavy atom. The van der Waals surface area contributed by atoms with Gasteiger partial charge >= 0.3 is 0 Å². The molecule has 0 saturated heterocycles.